The first kappa shape index (κ1) is 8.22. The molecule has 0 saturated carbocycles. The molecule has 14 heavy (non-hydrogen) atoms. The average Bonchev–Trinajstić information content (AvgIpc) is 2.66. The van der Waals surface area contributed by atoms with Gasteiger partial charge in [0.25, 0.3) is 0 Å². The number of hydrogen-bond acceptors (Lipinski definition) is 1. The summed E-state index contributed by atoms with van der Waals surface area (Å²) < 4.78 is 0. The molecule has 1 heteroatoms. The third-order valence-corrected chi connectivity index (χ3v) is 3.53. The fourth-order valence-corrected chi connectivity index (χ4v) is 2.85. The summed E-state index contributed by atoms with van der Waals surface area (Å²) in [6.07, 6.45) is 6.64. The van der Waals surface area contributed by atoms with E-state index in [1.165, 1.54) is 36.0 Å². The summed E-state index contributed by atoms with van der Waals surface area (Å²) in [6.45, 7) is 0. The Morgan fingerprint density at radius 1 is 0.857 bits per heavy atom. The Morgan fingerprint density at radius 3 is 2.57 bits per heavy atom. The van der Waals surface area contributed by atoms with Gasteiger partial charge in [0, 0.05) is 12.0 Å². The van der Waals surface area contributed by atoms with Crippen LogP contribution in [0.3, 0.4) is 0 Å². The van der Waals surface area contributed by atoms with Crippen molar-refractivity contribution in [3.05, 3.63) is 34.4 Å². The minimum absolute atomic E-state index is 0.362. The Morgan fingerprint density at radius 2 is 1.64 bits per heavy atom. The molecule has 0 saturated heterocycles. The Balaban J connectivity index is 2.22. The lowest BCUT2D eigenvalue weighted by atomic mass is 9.86. The molecule has 1 aromatic rings. The predicted molar refractivity (Wildman–Crippen MR) is 55.7 cm³/mol. The number of aryl methyl sites for hydroxylation is 1. The number of hydrogen-bond donors (Lipinski definition) is 0. The molecule has 0 radical (unpaired) electrons. The first-order valence-electron chi connectivity index (χ1n) is 5.53. The molecular formula is C13H14O. The third-order valence-electron chi connectivity index (χ3n) is 3.53. The molecular weight excluding hydrogens is 172 g/mol. The average molecular weight is 186 g/mol. The molecule has 0 amide bonds. The maximum Gasteiger partial charge on any atom is 0.163 e. The number of ketones is 1. The van der Waals surface area contributed by atoms with Gasteiger partial charge < -0.3 is 0 Å². The van der Waals surface area contributed by atoms with E-state index in [0.717, 1.165) is 24.8 Å². The summed E-state index contributed by atoms with van der Waals surface area (Å²) in [7, 11) is 0. The van der Waals surface area contributed by atoms with Crippen molar-refractivity contribution in [1.82, 2.24) is 0 Å². The molecule has 3 rings (SSSR count). The predicted octanol–water partition coefficient (Wildman–Crippen LogP) is 2.69. The Hall–Kier alpha value is -1.11. The third kappa shape index (κ3) is 1.05. The van der Waals surface area contributed by atoms with E-state index in [1.54, 1.807) is 0 Å². The van der Waals surface area contributed by atoms with Crippen LogP contribution in [0.5, 0.6) is 0 Å². The number of carbonyl (C=O) groups is 1. The van der Waals surface area contributed by atoms with Crippen molar-refractivity contribution in [1.29, 1.82) is 0 Å². The Kier molecular flexibility index (Phi) is 1.73. The second-order valence-electron chi connectivity index (χ2n) is 4.36. The van der Waals surface area contributed by atoms with Crippen LogP contribution in [-0.4, -0.2) is 5.78 Å². The molecule has 0 atom stereocenters. The van der Waals surface area contributed by atoms with Gasteiger partial charge in [-0.15, -0.1) is 0 Å². The molecule has 2 aliphatic rings. The summed E-state index contributed by atoms with van der Waals surface area (Å²) in [5.41, 5.74) is 5.42. The highest BCUT2D eigenvalue weighted by molar-refractivity contribution is 5.98. The van der Waals surface area contributed by atoms with E-state index in [4.69, 9.17) is 0 Å². The molecule has 0 N–H and O–H groups in total. The van der Waals surface area contributed by atoms with E-state index in [2.05, 4.69) is 12.1 Å². The second-order valence-corrected chi connectivity index (χ2v) is 4.36. The van der Waals surface area contributed by atoms with Gasteiger partial charge in [-0.05, 0) is 48.8 Å². The van der Waals surface area contributed by atoms with Crippen molar-refractivity contribution in [2.75, 3.05) is 0 Å². The largest absolute Gasteiger partial charge is 0.294 e. The maximum absolute atomic E-state index is 11.7. The van der Waals surface area contributed by atoms with Crippen LogP contribution in [0.4, 0.5) is 0 Å². The van der Waals surface area contributed by atoms with Gasteiger partial charge in [-0.1, -0.05) is 12.1 Å². The molecule has 0 bridgehead atoms. The van der Waals surface area contributed by atoms with Crippen LogP contribution in [-0.2, 0) is 19.3 Å². The monoisotopic (exact) mass is 186 g/mol. The van der Waals surface area contributed by atoms with Crippen molar-refractivity contribution in [2.24, 2.45) is 0 Å². The molecule has 2 aliphatic carbocycles. The van der Waals surface area contributed by atoms with Crippen LogP contribution >= 0.6 is 0 Å². The zero-order valence-electron chi connectivity index (χ0n) is 8.31. The topological polar surface area (TPSA) is 17.1 Å². The molecule has 72 valence electrons. The van der Waals surface area contributed by atoms with Crippen LogP contribution < -0.4 is 0 Å². The molecule has 0 spiro atoms. The molecule has 1 aromatic carbocycles. The van der Waals surface area contributed by atoms with E-state index < -0.39 is 0 Å². The molecule has 0 heterocycles. The lowest BCUT2D eigenvalue weighted by molar-refractivity contribution is 0.0972. The van der Waals surface area contributed by atoms with Crippen LogP contribution in [0.25, 0.3) is 0 Å². The molecule has 1 nitrogen and oxygen atoms in total. The first-order chi connectivity index (χ1) is 6.86. The van der Waals surface area contributed by atoms with Gasteiger partial charge in [0.1, 0.15) is 0 Å². The number of rotatable bonds is 0. The highest BCUT2D eigenvalue weighted by Gasteiger charge is 2.23. The summed E-state index contributed by atoms with van der Waals surface area (Å²) in [5, 5.41) is 0. The number of benzene rings is 1. The van der Waals surface area contributed by atoms with Gasteiger partial charge in [-0.25, -0.2) is 0 Å². The van der Waals surface area contributed by atoms with Gasteiger partial charge in [-0.3, -0.25) is 4.79 Å². The summed E-state index contributed by atoms with van der Waals surface area (Å²) in [4.78, 5) is 11.7. The zero-order chi connectivity index (χ0) is 9.54. The number of Topliss-reactive ketones (excluding diaryl/α,β-unsaturated/α-hetero) is 1. The quantitative estimate of drug-likeness (QED) is 0.609. The van der Waals surface area contributed by atoms with E-state index in [9.17, 15) is 4.79 Å². The lowest BCUT2D eigenvalue weighted by Crippen LogP contribution is -2.12. The van der Waals surface area contributed by atoms with Crippen LogP contribution in [0.1, 0.15) is 46.3 Å². The lowest BCUT2D eigenvalue weighted by Gasteiger charge is -2.18. The summed E-state index contributed by atoms with van der Waals surface area (Å²) in [6, 6.07) is 4.23. The van der Waals surface area contributed by atoms with Crippen molar-refractivity contribution in [2.45, 2.75) is 38.5 Å². The normalized spacial score (nSPS) is 19.3. The van der Waals surface area contributed by atoms with Gasteiger partial charge in [0.05, 0.1) is 0 Å². The van der Waals surface area contributed by atoms with Crippen molar-refractivity contribution < 1.29 is 4.79 Å². The number of carbonyl (C=O) groups excluding carboxylic acids is 1. The Bertz CT molecular complexity index is 404. The molecule has 0 fully saturated rings. The van der Waals surface area contributed by atoms with Crippen LogP contribution in [0, 0.1) is 0 Å². The summed E-state index contributed by atoms with van der Waals surface area (Å²) >= 11 is 0. The van der Waals surface area contributed by atoms with Gasteiger partial charge in [0.2, 0.25) is 0 Å². The Labute approximate surface area is 84.1 Å². The summed E-state index contributed by atoms with van der Waals surface area (Å²) in [5.74, 6) is 0.362. The van der Waals surface area contributed by atoms with E-state index in [1.807, 2.05) is 0 Å². The maximum atomic E-state index is 11.7. The van der Waals surface area contributed by atoms with Crippen LogP contribution in [0.15, 0.2) is 12.1 Å². The fraction of sp³-hybridized carbons (Fsp3) is 0.462. The SMILES string of the molecule is O=C1CCCc2c1ccc1c2CCC1. The first-order valence-corrected chi connectivity index (χ1v) is 5.53. The minimum Gasteiger partial charge on any atom is -0.294 e. The molecule has 0 aromatic heterocycles. The highest BCUT2D eigenvalue weighted by atomic mass is 16.1. The van der Waals surface area contributed by atoms with Crippen molar-refractivity contribution in [3.8, 4) is 0 Å². The van der Waals surface area contributed by atoms with Gasteiger partial charge in [-0.2, -0.15) is 0 Å². The minimum atomic E-state index is 0.362. The molecule has 0 unspecified atom stereocenters. The zero-order valence-corrected chi connectivity index (χ0v) is 8.31. The van der Waals surface area contributed by atoms with Crippen molar-refractivity contribution >= 4 is 5.78 Å². The van der Waals surface area contributed by atoms with E-state index in [-0.39, 0.29) is 0 Å². The number of fused-ring (bicyclic) bond motifs is 3. The fourth-order valence-electron chi connectivity index (χ4n) is 2.85. The molecule has 0 aliphatic heterocycles. The van der Waals surface area contributed by atoms with E-state index in [0.29, 0.717) is 5.78 Å². The highest BCUT2D eigenvalue weighted by Crippen LogP contribution is 2.32. The van der Waals surface area contributed by atoms with E-state index >= 15 is 0 Å². The standard InChI is InChI=1S/C13H14O/c14-13-6-2-5-11-10-4-1-3-9(10)7-8-12(11)13/h7-8H,1-6H2. The smallest absolute Gasteiger partial charge is 0.163 e. The van der Waals surface area contributed by atoms with Crippen molar-refractivity contribution in [3.63, 3.8) is 0 Å². The second kappa shape index (κ2) is 2.94. The van der Waals surface area contributed by atoms with Gasteiger partial charge >= 0.3 is 0 Å². The van der Waals surface area contributed by atoms with Gasteiger partial charge in [0.15, 0.2) is 5.78 Å². The van der Waals surface area contributed by atoms with Crippen LogP contribution in [0.2, 0.25) is 0 Å².